The number of hydrogen-bond acceptors (Lipinski definition) is 3. The van der Waals surface area contributed by atoms with Crippen LogP contribution in [-0.4, -0.2) is 11.7 Å². The number of rotatable bonds is 3. The molecule has 10 heavy (non-hydrogen) atoms. The molecule has 1 atom stereocenters. The molecule has 0 bridgehead atoms. The first-order valence-electron chi connectivity index (χ1n) is 3.47. The molecule has 1 unspecified atom stereocenters. The average Bonchev–Trinajstić information content (AvgIpc) is 2.43. The highest BCUT2D eigenvalue weighted by molar-refractivity contribution is 5.08. The fraction of sp³-hybridized carbons (Fsp3) is 0.571. The van der Waals surface area contributed by atoms with E-state index < -0.39 is 0 Å². The Bertz CT molecular complexity index is 168. The van der Waals surface area contributed by atoms with Gasteiger partial charge in [-0.3, -0.25) is 0 Å². The van der Waals surface area contributed by atoms with Gasteiger partial charge in [-0.05, 0) is 13.0 Å². The van der Waals surface area contributed by atoms with Gasteiger partial charge in [-0.15, -0.1) is 0 Å². The van der Waals surface area contributed by atoms with Gasteiger partial charge in [-0.25, -0.2) is 0 Å². The van der Waals surface area contributed by atoms with Crippen molar-refractivity contribution >= 4 is 0 Å². The van der Waals surface area contributed by atoms with Gasteiger partial charge in [0, 0.05) is 11.5 Å². The Morgan fingerprint density at radius 2 is 2.60 bits per heavy atom. The molecule has 1 rings (SSSR count). The predicted molar refractivity (Wildman–Crippen MR) is 38.6 cm³/mol. The molecular formula is C7H12N2O. The Kier molecular flexibility index (Phi) is 2.45. The maximum atomic E-state index is 5.51. The molecule has 1 aromatic heterocycles. The van der Waals surface area contributed by atoms with Gasteiger partial charge in [0.05, 0.1) is 6.20 Å². The van der Waals surface area contributed by atoms with E-state index in [4.69, 9.17) is 10.3 Å². The molecule has 2 N–H and O–H groups in total. The van der Waals surface area contributed by atoms with Crippen LogP contribution >= 0.6 is 0 Å². The second-order valence-corrected chi connectivity index (χ2v) is 2.30. The molecule has 1 aromatic rings. The molecule has 0 radical (unpaired) electrons. The Morgan fingerprint density at radius 1 is 1.80 bits per heavy atom. The molecule has 1 heterocycles. The van der Waals surface area contributed by atoms with Crippen molar-refractivity contribution in [3.63, 3.8) is 0 Å². The molecule has 3 nitrogen and oxygen atoms in total. The van der Waals surface area contributed by atoms with E-state index in [0.717, 1.165) is 12.0 Å². The van der Waals surface area contributed by atoms with Crippen LogP contribution in [0.4, 0.5) is 0 Å². The van der Waals surface area contributed by atoms with E-state index in [0.29, 0.717) is 12.5 Å². The van der Waals surface area contributed by atoms with E-state index >= 15 is 0 Å². The molecule has 3 heteroatoms. The Hall–Kier alpha value is -0.830. The van der Waals surface area contributed by atoms with Crippen LogP contribution in [0.3, 0.4) is 0 Å². The zero-order chi connectivity index (χ0) is 7.40. The van der Waals surface area contributed by atoms with E-state index in [1.54, 1.807) is 12.5 Å². The molecule has 0 aliphatic rings. The standard InChI is InChI=1S/C7H12N2O/c1-2-6(3-8)7-4-9-10-5-7/h4-6H,2-3,8H2,1H3. The normalized spacial score (nSPS) is 13.4. The van der Waals surface area contributed by atoms with E-state index in [1.165, 1.54) is 0 Å². The van der Waals surface area contributed by atoms with Crippen molar-refractivity contribution in [2.75, 3.05) is 6.54 Å². The highest BCUT2D eigenvalue weighted by Crippen LogP contribution is 2.16. The van der Waals surface area contributed by atoms with Crippen molar-refractivity contribution in [1.82, 2.24) is 5.16 Å². The minimum Gasteiger partial charge on any atom is -0.364 e. The molecule has 0 spiro atoms. The van der Waals surface area contributed by atoms with Crippen molar-refractivity contribution in [1.29, 1.82) is 0 Å². The van der Waals surface area contributed by atoms with Crippen molar-refractivity contribution in [2.24, 2.45) is 5.73 Å². The minimum absolute atomic E-state index is 0.409. The van der Waals surface area contributed by atoms with Gasteiger partial charge >= 0.3 is 0 Å². The number of aromatic nitrogens is 1. The van der Waals surface area contributed by atoms with Crippen molar-refractivity contribution < 1.29 is 4.52 Å². The summed E-state index contributed by atoms with van der Waals surface area (Å²) in [6.45, 7) is 2.77. The summed E-state index contributed by atoms with van der Waals surface area (Å²) < 4.78 is 4.69. The van der Waals surface area contributed by atoms with E-state index in [1.807, 2.05) is 0 Å². The summed E-state index contributed by atoms with van der Waals surface area (Å²) in [6.07, 6.45) is 4.42. The summed E-state index contributed by atoms with van der Waals surface area (Å²) in [5.41, 5.74) is 6.61. The zero-order valence-corrected chi connectivity index (χ0v) is 6.08. The zero-order valence-electron chi connectivity index (χ0n) is 6.08. The lowest BCUT2D eigenvalue weighted by molar-refractivity contribution is 0.418. The van der Waals surface area contributed by atoms with Gasteiger partial charge in [0.25, 0.3) is 0 Å². The second-order valence-electron chi connectivity index (χ2n) is 2.30. The van der Waals surface area contributed by atoms with E-state index in [-0.39, 0.29) is 0 Å². The first-order valence-corrected chi connectivity index (χ1v) is 3.47. The maximum absolute atomic E-state index is 5.51. The molecule has 0 saturated heterocycles. The second kappa shape index (κ2) is 3.37. The highest BCUT2D eigenvalue weighted by Gasteiger charge is 2.07. The van der Waals surface area contributed by atoms with Gasteiger partial charge in [0.1, 0.15) is 6.26 Å². The van der Waals surface area contributed by atoms with Crippen LogP contribution in [0.2, 0.25) is 0 Å². The summed E-state index contributed by atoms with van der Waals surface area (Å²) >= 11 is 0. The largest absolute Gasteiger partial charge is 0.364 e. The predicted octanol–water partition coefficient (Wildman–Crippen LogP) is 1.13. The Labute approximate surface area is 60.2 Å². The van der Waals surface area contributed by atoms with Crippen molar-refractivity contribution in [3.8, 4) is 0 Å². The summed E-state index contributed by atoms with van der Waals surface area (Å²) in [5, 5.41) is 3.61. The molecule has 0 aliphatic heterocycles. The van der Waals surface area contributed by atoms with Gasteiger partial charge in [0.15, 0.2) is 0 Å². The number of hydrogen-bond donors (Lipinski definition) is 1. The minimum atomic E-state index is 0.409. The van der Waals surface area contributed by atoms with E-state index in [9.17, 15) is 0 Å². The van der Waals surface area contributed by atoms with Crippen LogP contribution in [-0.2, 0) is 0 Å². The number of nitrogens with zero attached hydrogens (tertiary/aromatic N) is 1. The van der Waals surface area contributed by atoms with Gasteiger partial charge in [0.2, 0.25) is 0 Å². The third-order valence-electron chi connectivity index (χ3n) is 1.70. The first-order chi connectivity index (χ1) is 4.88. The lowest BCUT2D eigenvalue weighted by atomic mass is 10.0. The monoisotopic (exact) mass is 140 g/mol. The van der Waals surface area contributed by atoms with Crippen LogP contribution in [0.25, 0.3) is 0 Å². The van der Waals surface area contributed by atoms with Crippen molar-refractivity contribution in [2.45, 2.75) is 19.3 Å². The van der Waals surface area contributed by atoms with Gasteiger partial charge < -0.3 is 10.3 Å². The van der Waals surface area contributed by atoms with Crippen LogP contribution in [0, 0.1) is 0 Å². The third kappa shape index (κ3) is 1.36. The molecular weight excluding hydrogens is 128 g/mol. The lowest BCUT2D eigenvalue weighted by Crippen LogP contribution is -2.10. The van der Waals surface area contributed by atoms with E-state index in [2.05, 4.69) is 12.1 Å². The van der Waals surface area contributed by atoms with Crippen LogP contribution in [0.15, 0.2) is 17.0 Å². The maximum Gasteiger partial charge on any atom is 0.127 e. The summed E-state index contributed by atoms with van der Waals surface area (Å²) in [4.78, 5) is 0. The third-order valence-corrected chi connectivity index (χ3v) is 1.70. The molecule has 56 valence electrons. The topological polar surface area (TPSA) is 52.0 Å². The quantitative estimate of drug-likeness (QED) is 0.684. The summed E-state index contributed by atoms with van der Waals surface area (Å²) in [5.74, 6) is 0.409. The first kappa shape index (κ1) is 7.28. The fourth-order valence-corrected chi connectivity index (χ4v) is 0.953. The van der Waals surface area contributed by atoms with Gasteiger partial charge in [-0.2, -0.15) is 0 Å². The van der Waals surface area contributed by atoms with Gasteiger partial charge in [-0.1, -0.05) is 12.1 Å². The number of nitrogens with two attached hydrogens (primary N) is 1. The summed E-state index contributed by atoms with van der Waals surface area (Å²) in [6, 6.07) is 0. The lowest BCUT2D eigenvalue weighted by Gasteiger charge is -2.06. The summed E-state index contributed by atoms with van der Waals surface area (Å²) in [7, 11) is 0. The Balaban J connectivity index is 2.64. The fourth-order valence-electron chi connectivity index (χ4n) is 0.953. The Morgan fingerprint density at radius 3 is 3.00 bits per heavy atom. The molecule has 0 saturated carbocycles. The molecule has 0 aliphatic carbocycles. The van der Waals surface area contributed by atoms with Crippen LogP contribution < -0.4 is 5.73 Å². The smallest absolute Gasteiger partial charge is 0.127 e. The molecule has 0 fully saturated rings. The van der Waals surface area contributed by atoms with Crippen molar-refractivity contribution in [3.05, 3.63) is 18.0 Å². The molecule has 0 amide bonds. The average molecular weight is 140 g/mol. The highest BCUT2D eigenvalue weighted by atomic mass is 16.5. The van der Waals surface area contributed by atoms with Crippen LogP contribution in [0.5, 0.6) is 0 Å². The molecule has 0 aromatic carbocycles. The van der Waals surface area contributed by atoms with Crippen LogP contribution in [0.1, 0.15) is 24.8 Å². The SMILES string of the molecule is CCC(CN)c1cnoc1.